The number of ether oxygens (including phenoxy) is 2. The van der Waals surface area contributed by atoms with Crippen LogP contribution in [0.1, 0.15) is 31.8 Å². The van der Waals surface area contributed by atoms with E-state index in [1.165, 1.54) is 11.8 Å². The third-order valence-corrected chi connectivity index (χ3v) is 4.96. The van der Waals surface area contributed by atoms with Gasteiger partial charge in [-0.2, -0.15) is 5.10 Å². The molecule has 2 amide bonds. The average Bonchev–Trinajstić information content (AvgIpc) is 3.12. The van der Waals surface area contributed by atoms with E-state index in [1.54, 1.807) is 6.07 Å². The van der Waals surface area contributed by atoms with E-state index in [9.17, 15) is 9.59 Å². The van der Waals surface area contributed by atoms with Crippen LogP contribution in [-0.2, 0) is 22.6 Å². The predicted molar refractivity (Wildman–Crippen MR) is 121 cm³/mol. The standard InChI is InChI=1S/C23H27N5O4/c1-15-5-3-4-6-18(15)23(30)26-13-16-7-9-17(10-8-16)20-19(22(25)29)21(24)28(27-20)11-12-32-14-31-2/h3-10H,11-14,24H2,1-2H3,(H2,25,29)(H,26,30). The number of carbonyl (C=O) groups is 2. The molecule has 1 heterocycles. The van der Waals surface area contributed by atoms with Gasteiger partial charge in [0.1, 0.15) is 23.9 Å². The molecule has 0 aliphatic rings. The molecule has 0 radical (unpaired) electrons. The summed E-state index contributed by atoms with van der Waals surface area (Å²) in [5.41, 5.74) is 15.4. The van der Waals surface area contributed by atoms with Gasteiger partial charge in [-0.05, 0) is 24.1 Å². The lowest BCUT2D eigenvalue weighted by atomic mass is 10.0. The summed E-state index contributed by atoms with van der Waals surface area (Å²) in [6, 6.07) is 14.8. The van der Waals surface area contributed by atoms with Gasteiger partial charge in [0.25, 0.3) is 11.8 Å². The van der Waals surface area contributed by atoms with Gasteiger partial charge >= 0.3 is 0 Å². The molecule has 168 valence electrons. The van der Waals surface area contributed by atoms with Crippen LogP contribution in [0, 0.1) is 6.92 Å². The molecule has 0 spiro atoms. The number of nitrogens with two attached hydrogens (primary N) is 2. The Morgan fingerprint density at radius 3 is 2.50 bits per heavy atom. The molecule has 2 aromatic carbocycles. The monoisotopic (exact) mass is 437 g/mol. The third-order valence-electron chi connectivity index (χ3n) is 4.96. The summed E-state index contributed by atoms with van der Waals surface area (Å²) in [6.45, 7) is 3.08. The first-order chi connectivity index (χ1) is 15.4. The van der Waals surface area contributed by atoms with Crippen molar-refractivity contribution < 1.29 is 19.1 Å². The zero-order valence-corrected chi connectivity index (χ0v) is 18.1. The van der Waals surface area contributed by atoms with Crippen molar-refractivity contribution in [2.45, 2.75) is 20.0 Å². The topological polar surface area (TPSA) is 134 Å². The number of aromatic nitrogens is 2. The Bertz CT molecular complexity index is 1090. The second kappa shape index (κ2) is 10.6. The number of carbonyl (C=O) groups excluding carboxylic acids is 2. The molecular formula is C23H27N5O4. The highest BCUT2D eigenvalue weighted by atomic mass is 16.7. The van der Waals surface area contributed by atoms with Crippen LogP contribution in [0.25, 0.3) is 11.3 Å². The zero-order chi connectivity index (χ0) is 23.1. The maximum atomic E-state index is 12.4. The van der Waals surface area contributed by atoms with Crippen LogP contribution in [0.15, 0.2) is 48.5 Å². The molecule has 0 saturated carbocycles. The molecule has 32 heavy (non-hydrogen) atoms. The molecule has 3 aromatic rings. The third kappa shape index (κ3) is 5.32. The minimum Gasteiger partial charge on any atom is -0.383 e. The fourth-order valence-corrected chi connectivity index (χ4v) is 3.27. The molecule has 0 atom stereocenters. The number of methoxy groups -OCH3 is 1. The number of hydrogen-bond acceptors (Lipinski definition) is 6. The van der Waals surface area contributed by atoms with Gasteiger partial charge in [-0.1, -0.05) is 42.5 Å². The van der Waals surface area contributed by atoms with Crippen molar-refractivity contribution in [1.29, 1.82) is 0 Å². The summed E-state index contributed by atoms with van der Waals surface area (Å²) in [5, 5.41) is 7.37. The number of primary amides is 1. The van der Waals surface area contributed by atoms with E-state index in [0.29, 0.717) is 36.5 Å². The van der Waals surface area contributed by atoms with Crippen molar-refractivity contribution in [3.05, 3.63) is 70.8 Å². The number of nitrogen functional groups attached to an aromatic ring is 1. The Kier molecular flexibility index (Phi) is 7.58. The van der Waals surface area contributed by atoms with E-state index in [4.69, 9.17) is 20.9 Å². The van der Waals surface area contributed by atoms with E-state index >= 15 is 0 Å². The van der Waals surface area contributed by atoms with Crippen LogP contribution < -0.4 is 16.8 Å². The van der Waals surface area contributed by atoms with Gasteiger partial charge in [-0.15, -0.1) is 0 Å². The summed E-state index contributed by atoms with van der Waals surface area (Å²) < 4.78 is 11.6. The fourth-order valence-electron chi connectivity index (χ4n) is 3.27. The molecular weight excluding hydrogens is 410 g/mol. The van der Waals surface area contributed by atoms with Crippen molar-refractivity contribution in [2.75, 3.05) is 26.2 Å². The Hall–Kier alpha value is -3.69. The average molecular weight is 438 g/mol. The Morgan fingerprint density at radius 2 is 1.84 bits per heavy atom. The van der Waals surface area contributed by atoms with E-state index in [0.717, 1.165) is 11.1 Å². The van der Waals surface area contributed by atoms with E-state index in [2.05, 4.69) is 10.4 Å². The van der Waals surface area contributed by atoms with Gasteiger partial charge in [-0.3, -0.25) is 9.59 Å². The molecule has 5 N–H and O–H groups in total. The quantitative estimate of drug-likeness (QED) is 0.328. The number of amides is 2. The van der Waals surface area contributed by atoms with Gasteiger partial charge in [0, 0.05) is 24.8 Å². The first-order valence-corrected chi connectivity index (χ1v) is 10.1. The van der Waals surface area contributed by atoms with Gasteiger partial charge in [0.15, 0.2) is 0 Å². The van der Waals surface area contributed by atoms with Crippen molar-refractivity contribution >= 4 is 17.6 Å². The fraction of sp³-hybridized carbons (Fsp3) is 0.261. The molecule has 0 aliphatic heterocycles. The summed E-state index contributed by atoms with van der Waals surface area (Å²) in [4.78, 5) is 24.4. The van der Waals surface area contributed by atoms with Crippen LogP contribution in [0.3, 0.4) is 0 Å². The van der Waals surface area contributed by atoms with Crippen molar-refractivity contribution in [1.82, 2.24) is 15.1 Å². The largest absolute Gasteiger partial charge is 0.383 e. The molecule has 3 rings (SSSR count). The van der Waals surface area contributed by atoms with Crippen molar-refractivity contribution in [3.63, 3.8) is 0 Å². The Balaban J connectivity index is 1.73. The summed E-state index contributed by atoms with van der Waals surface area (Å²) >= 11 is 0. The highest BCUT2D eigenvalue weighted by Gasteiger charge is 2.21. The van der Waals surface area contributed by atoms with E-state index in [-0.39, 0.29) is 24.1 Å². The zero-order valence-electron chi connectivity index (χ0n) is 18.1. The summed E-state index contributed by atoms with van der Waals surface area (Å²) in [5.74, 6) is -0.607. The van der Waals surface area contributed by atoms with Crippen molar-refractivity contribution in [3.8, 4) is 11.3 Å². The van der Waals surface area contributed by atoms with E-state index < -0.39 is 5.91 Å². The SMILES string of the molecule is COCOCCn1nc(-c2ccc(CNC(=O)c3ccccc3C)cc2)c(C(N)=O)c1N. The van der Waals surface area contributed by atoms with Crippen LogP contribution >= 0.6 is 0 Å². The summed E-state index contributed by atoms with van der Waals surface area (Å²) in [6.07, 6.45) is 0. The van der Waals surface area contributed by atoms with Gasteiger partial charge in [0.2, 0.25) is 0 Å². The van der Waals surface area contributed by atoms with Crippen molar-refractivity contribution in [2.24, 2.45) is 5.73 Å². The number of hydrogen-bond donors (Lipinski definition) is 3. The lowest BCUT2D eigenvalue weighted by molar-refractivity contribution is -0.0335. The molecule has 0 aliphatic carbocycles. The maximum absolute atomic E-state index is 12.4. The Morgan fingerprint density at radius 1 is 1.12 bits per heavy atom. The molecule has 0 bridgehead atoms. The molecule has 0 fully saturated rings. The van der Waals surface area contributed by atoms with Gasteiger partial charge in [-0.25, -0.2) is 4.68 Å². The highest BCUT2D eigenvalue weighted by molar-refractivity contribution is 6.03. The number of nitrogens with zero attached hydrogens (tertiary/aromatic N) is 2. The minimum absolute atomic E-state index is 0.134. The first kappa shape index (κ1) is 23.0. The van der Waals surface area contributed by atoms with E-state index in [1.807, 2.05) is 49.4 Å². The predicted octanol–water partition coefficient (Wildman–Crippen LogP) is 2.09. The molecule has 0 unspecified atom stereocenters. The molecule has 1 aromatic heterocycles. The second-order valence-corrected chi connectivity index (χ2v) is 7.21. The highest BCUT2D eigenvalue weighted by Crippen LogP contribution is 2.27. The second-order valence-electron chi connectivity index (χ2n) is 7.21. The number of nitrogens with one attached hydrogen (secondary N) is 1. The molecule has 9 heteroatoms. The Labute approximate surface area is 186 Å². The number of rotatable bonds is 10. The van der Waals surface area contributed by atoms with Crippen LogP contribution in [0.4, 0.5) is 5.82 Å². The summed E-state index contributed by atoms with van der Waals surface area (Å²) in [7, 11) is 1.53. The smallest absolute Gasteiger partial charge is 0.254 e. The number of anilines is 1. The number of benzene rings is 2. The number of aryl methyl sites for hydroxylation is 1. The lowest BCUT2D eigenvalue weighted by Gasteiger charge is -2.08. The van der Waals surface area contributed by atoms with Crippen LogP contribution in [0.5, 0.6) is 0 Å². The lowest BCUT2D eigenvalue weighted by Crippen LogP contribution is -2.23. The normalized spacial score (nSPS) is 10.8. The first-order valence-electron chi connectivity index (χ1n) is 10.1. The van der Waals surface area contributed by atoms with Gasteiger partial charge < -0.3 is 26.3 Å². The van der Waals surface area contributed by atoms with Crippen LogP contribution in [-0.4, -0.2) is 42.1 Å². The molecule has 9 nitrogen and oxygen atoms in total. The van der Waals surface area contributed by atoms with Crippen LogP contribution in [0.2, 0.25) is 0 Å². The molecule has 0 saturated heterocycles. The minimum atomic E-state index is -0.656. The maximum Gasteiger partial charge on any atom is 0.254 e. The van der Waals surface area contributed by atoms with Gasteiger partial charge in [0.05, 0.1) is 13.2 Å².